The van der Waals surface area contributed by atoms with Crippen molar-refractivity contribution in [3.8, 4) is 0 Å². The van der Waals surface area contributed by atoms with Gasteiger partial charge in [0, 0.05) is 13.8 Å². The van der Waals surface area contributed by atoms with Gasteiger partial charge in [-0.2, -0.15) is 0 Å². The number of hydrogen-bond acceptors (Lipinski definition) is 2. The highest BCUT2D eigenvalue weighted by Crippen LogP contribution is 2.26. The van der Waals surface area contributed by atoms with Crippen molar-refractivity contribution >= 4 is 66.4 Å². The second-order valence-electron chi connectivity index (χ2n) is 3.87. The van der Waals surface area contributed by atoms with Crippen LogP contribution in [0.25, 0.3) is 11.0 Å². The average Bonchev–Trinajstić information content (AvgIpc) is 2.86. The van der Waals surface area contributed by atoms with Gasteiger partial charge in [0.1, 0.15) is 0 Å². The molecule has 1 aromatic carbocycles. The van der Waals surface area contributed by atoms with Gasteiger partial charge in [0.05, 0.1) is 17.6 Å². The number of fused-ring (bicyclic) bond motifs is 1. The molecule has 2 heterocycles. The number of aromatic amines is 1. The van der Waals surface area contributed by atoms with Gasteiger partial charge >= 0.3 is 0 Å². The van der Waals surface area contributed by atoms with E-state index in [1.807, 2.05) is 12.1 Å². The van der Waals surface area contributed by atoms with Gasteiger partial charge < -0.3 is 9.55 Å². The fourth-order valence-electron chi connectivity index (χ4n) is 1.86. The number of H-pyrrole nitrogens is 1. The van der Waals surface area contributed by atoms with Crippen molar-refractivity contribution in [3.05, 3.63) is 48.2 Å². The molecule has 92 valence electrons. The molecule has 0 fully saturated rings. The average molecular weight is 404 g/mol. The predicted octanol–water partition coefficient (Wildman–Crippen LogP) is 5.33. The molecule has 0 aliphatic rings. The minimum absolute atomic E-state index is 0.753. The van der Waals surface area contributed by atoms with Crippen LogP contribution in [-0.2, 0) is 6.54 Å². The van der Waals surface area contributed by atoms with Crippen LogP contribution in [0, 0.1) is 4.77 Å². The van der Waals surface area contributed by atoms with Crippen LogP contribution >= 0.6 is 55.4 Å². The zero-order chi connectivity index (χ0) is 12.7. The molecule has 3 rings (SSSR count). The molecule has 0 amide bonds. The van der Waals surface area contributed by atoms with Crippen LogP contribution in [0.5, 0.6) is 0 Å². The third kappa shape index (κ3) is 2.22. The number of nitrogens with one attached hydrogen (secondary N) is 1. The summed E-state index contributed by atoms with van der Waals surface area (Å²) in [5.74, 6) is 0. The van der Waals surface area contributed by atoms with Crippen LogP contribution in [-0.4, -0.2) is 9.55 Å². The summed E-state index contributed by atoms with van der Waals surface area (Å²) >= 11 is 14.2. The van der Waals surface area contributed by atoms with Gasteiger partial charge in [0.25, 0.3) is 0 Å². The Morgan fingerprint density at radius 2 is 2.11 bits per heavy atom. The highest BCUT2D eigenvalue weighted by Gasteiger charge is 2.08. The van der Waals surface area contributed by atoms with E-state index in [2.05, 4.69) is 58.9 Å². The first kappa shape index (κ1) is 12.6. The number of hydrogen-bond donors (Lipinski definition) is 1. The van der Waals surface area contributed by atoms with E-state index in [1.165, 1.54) is 4.88 Å². The van der Waals surface area contributed by atoms with Crippen molar-refractivity contribution in [3.63, 3.8) is 0 Å². The lowest BCUT2D eigenvalue weighted by Crippen LogP contribution is -1.98. The summed E-state index contributed by atoms with van der Waals surface area (Å²) in [5.41, 5.74) is 2.19. The molecule has 0 bridgehead atoms. The Labute approximate surface area is 130 Å². The summed E-state index contributed by atoms with van der Waals surface area (Å²) in [6, 6.07) is 8.20. The molecule has 6 heteroatoms. The summed E-state index contributed by atoms with van der Waals surface area (Å²) in [6.07, 6.45) is 0. The third-order valence-corrected chi connectivity index (χ3v) is 5.46. The van der Waals surface area contributed by atoms with Crippen LogP contribution in [0.1, 0.15) is 4.88 Å². The van der Waals surface area contributed by atoms with E-state index in [0.717, 1.165) is 31.3 Å². The van der Waals surface area contributed by atoms with E-state index < -0.39 is 0 Å². The topological polar surface area (TPSA) is 20.7 Å². The zero-order valence-electron chi connectivity index (χ0n) is 9.11. The van der Waals surface area contributed by atoms with Gasteiger partial charge in [-0.25, -0.2) is 0 Å². The lowest BCUT2D eigenvalue weighted by atomic mass is 10.3. The molecular formula is C12H8Br2N2S2. The number of halogens is 2. The molecule has 0 saturated heterocycles. The largest absolute Gasteiger partial charge is 0.331 e. The van der Waals surface area contributed by atoms with Crippen molar-refractivity contribution in [1.82, 2.24) is 9.55 Å². The van der Waals surface area contributed by atoms with E-state index in [0.29, 0.717) is 0 Å². The summed E-state index contributed by atoms with van der Waals surface area (Å²) in [7, 11) is 0. The van der Waals surface area contributed by atoms with Gasteiger partial charge in [-0.05, 0) is 57.8 Å². The standard InChI is InChI=1S/C12H8Br2N2S2/c13-7-1-2-9-10(5-7)16(12(17)15-9)6-11-8(14)3-4-18-11/h1-5H,6H2,(H,15,17). The normalized spacial score (nSPS) is 11.2. The van der Waals surface area contributed by atoms with Gasteiger partial charge in [0.2, 0.25) is 0 Å². The third-order valence-electron chi connectivity index (χ3n) is 2.73. The van der Waals surface area contributed by atoms with Crippen LogP contribution in [0.3, 0.4) is 0 Å². The van der Waals surface area contributed by atoms with Crippen LogP contribution in [0.2, 0.25) is 0 Å². The Balaban J connectivity index is 2.17. The fraction of sp³-hybridized carbons (Fsp3) is 0.0833. The molecule has 2 nitrogen and oxygen atoms in total. The molecular weight excluding hydrogens is 396 g/mol. The number of nitrogens with zero attached hydrogens (tertiary/aromatic N) is 1. The number of aromatic nitrogens is 2. The minimum Gasteiger partial charge on any atom is -0.331 e. The van der Waals surface area contributed by atoms with E-state index in [9.17, 15) is 0 Å². The van der Waals surface area contributed by atoms with Crippen LogP contribution in [0.15, 0.2) is 38.6 Å². The van der Waals surface area contributed by atoms with Crippen molar-refractivity contribution in [2.45, 2.75) is 6.54 Å². The summed E-state index contributed by atoms with van der Waals surface area (Å²) in [4.78, 5) is 4.50. The second kappa shape index (κ2) is 4.92. The lowest BCUT2D eigenvalue weighted by Gasteiger charge is -2.03. The maximum Gasteiger partial charge on any atom is 0.178 e. The van der Waals surface area contributed by atoms with E-state index in [4.69, 9.17) is 12.2 Å². The van der Waals surface area contributed by atoms with Crippen molar-refractivity contribution in [2.75, 3.05) is 0 Å². The molecule has 0 atom stereocenters. The summed E-state index contributed by atoms with van der Waals surface area (Å²) < 4.78 is 5.07. The molecule has 18 heavy (non-hydrogen) atoms. The number of thiophene rings is 1. The second-order valence-corrected chi connectivity index (χ2v) is 7.03. The zero-order valence-corrected chi connectivity index (χ0v) is 13.9. The first-order valence-electron chi connectivity index (χ1n) is 5.25. The smallest absolute Gasteiger partial charge is 0.178 e. The van der Waals surface area contributed by atoms with E-state index >= 15 is 0 Å². The van der Waals surface area contributed by atoms with Gasteiger partial charge in [-0.1, -0.05) is 15.9 Å². The molecule has 2 aromatic heterocycles. The lowest BCUT2D eigenvalue weighted by molar-refractivity contribution is 0.820. The maximum absolute atomic E-state index is 5.39. The molecule has 0 unspecified atom stereocenters. The highest BCUT2D eigenvalue weighted by atomic mass is 79.9. The maximum atomic E-state index is 5.39. The van der Waals surface area contributed by atoms with Crippen molar-refractivity contribution in [2.24, 2.45) is 0 Å². The fourth-order valence-corrected chi connectivity index (χ4v) is 3.95. The Hall–Kier alpha value is -0.430. The van der Waals surface area contributed by atoms with Gasteiger partial charge in [-0.3, -0.25) is 0 Å². The Morgan fingerprint density at radius 1 is 1.28 bits per heavy atom. The molecule has 0 spiro atoms. The molecule has 0 aliphatic heterocycles. The Kier molecular flexibility index (Phi) is 3.44. The molecule has 0 aliphatic carbocycles. The molecule has 0 radical (unpaired) electrons. The van der Waals surface area contributed by atoms with Crippen molar-refractivity contribution in [1.29, 1.82) is 0 Å². The Bertz CT molecular complexity index is 770. The SMILES string of the molecule is S=c1[nH]c2ccc(Br)cc2n1Cc1sccc1Br. The molecule has 3 aromatic rings. The van der Waals surface area contributed by atoms with E-state index in [-0.39, 0.29) is 0 Å². The van der Waals surface area contributed by atoms with Gasteiger partial charge in [0.15, 0.2) is 4.77 Å². The Morgan fingerprint density at radius 3 is 2.83 bits per heavy atom. The monoisotopic (exact) mass is 402 g/mol. The molecule has 1 N–H and O–H groups in total. The first-order valence-corrected chi connectivity index (χ1v) is 8.12. The quantitative estimate of drug-likeness (QED) is 0.573. The first-order chi connectivity index (χ1) is 8.65. The van der Waals surface area contributed by atoms with Gasteiger partial charge in [-0.15, -0.1) is 11.3 Å². The van der Waals surface area contributed by atoms with Crippen molar-refractivity contribution < 1.29 is 0 Å². The summed E-state index contributed by atoms with van der Waals surface area (Å²) in [6.45, 7) is 0.785. The predicted molar refractivity (Wildman–Crippen MR) is 85.9 cm³/mol. The number of rotatable bonds is 2. The minimum atomic E-state index is 0.753. The van der Waals surface area contributed by atoms with Crippen LogP contribution < -0.4 is 0 Å². The van der Waals surface area contributed by atoms with Crippen LogP contribution in [0.4, 0.5) is 0 Å². The highest BCUT2D eigenvalue weighted by molar-refractivity contribution is 9.10. The van der Waals surface area contributed by atoms with E-state index in [1.54, 1.807) is 11.3 Å². The summed E-state index contributed by atoms with van der Waals surface area (Å²) in [5, 5.41) is 2.08. The number of imidazole rings is 1. The molecule has 0 saturated carbocycles. The number of benzene rings is 1.